The van der Waals surface area contributed by atoms with E-state index >= 15 is 0 Å². The Balaban J connectivity index is 2.24. The molecule has 35 heavy (non-hydrogen) atoms. The lowest BCUT2D eigenvalue weighted by molar-refractivity contribution is -0.154. The van der Waals surface area contributed by atoms with Crippen LogP contribution >= 0.6 is 34.8 Å². The van der Waals surface area contributed by atoms with Crippen molar-refractivity contribution in [3.05, 3.63) is 29.8 Å². The molecule has 1 fully saturated rings. The van der Waals surface area contributed by atoms with E-state index in [1.807, 2.05) is 38.1 Å². The van der Waals surface area contributed by atoms with E-state index in [-0.39, 0.29) is 30.4 Å². The fourth-order valence-corrected chi connectivity index (χ4v) is 5.00. The maximum atomic E-state index is 12.1. The predicted molar refractivity (Wildman–Crippen MR) is 142 cm³/mol. The molecular formula is C24H38Cl3NO6Si. The SMILES string of the molecule is COc1ccc([C@@H]2OC(C)(C)O[C@H]2[C@H](CCNC(=O)OCC(Cl)(Cl)Cl)O[Si](C)(C)C(C)(C)C)cc1. The van der Waals surface area contributed by atoms with Gasteiger partial charge in [-0.05, 0) is 56.1 Å². The van der Waals surface area contributed by atoms with Gasteiger partial charge in [0.1, 0.15) is 24.6 Å². The molecule has 0 spiro atoms. The first-order valence-corrected chi connectivity index (χ1v) is 15.6. The van der Waals surface area contributed by atoms with Gasteiger partial charge in [0.15, 0.2) is 14.1 Å². The van der Waals surface area contributed by atoms with Crippen LogP contribution < -0.4 is 10.1 Å². The summed E-state index contributed by atoms with van der Waals surface area (Å²) in [6.45, 7) is 14.6. The fraction of sp³-hybridized carbons (Fsp3) is 0.708. The minimum atomic E-state index is -2.20. The van der Waals surface area contributed by atoms with Crippen LogP contribution in [0, 0.1) is 0 Å². The predicted octanol–water partition coefficient (Wildman–Crippen LogP) is 6.76. The first-order valence-electron chi connectivity index (χ1n) is 11.6. The summed E-state index contributed by atoms with van der Waals surface area (Å²) < 4.78 is 28.1. The van der Waals surface area contributed by atoms with E-state index in [4.69, 9.17) is 58.2 Å². The van der Waals surface area contributed by atoms with Gasteiger partial charge >= 0.3 is 6.09 Å². The summed E-state index contributed by atoms with van der Waals surface area (Å²) in [5.41, 5.74) is 0.959. The van der Waals surface area contributed by atoms with Crippen LogP contribution in [0.2, 0.25) is 18.1 Å². The van der Waals surface area contributed by atoms with Crippen molar-refractivity contribution in [3.8, 4) is 5.75 Å². The third-order valence-corrected chi connectivity index (χ3v) is 11.1. The van der Waals surface area contributed by atoms with E-state index in [1.165, 1.54) is 0 Å². The minimum Gasteiger partial charge on any atom is -0.497 e. The van der Waals surface area contributed by atoms with Gasteiger partial charge < -0.3 is 28.7 Å². The molecule has 0 saturated carbocycles. The van der Waals surface area contributed by atoms with Crippen molar-refractivity contribution in [2.75, 3.05) is 20.3 Å². The number of amides is 1. The molecule has 200 valence electrons. The monoisotopic (exact) mass is 569 g/mol. The van der Waals surface area contributed by atoms with Gasteiger partial charge in [-0.3, -0.25) is 0 Å². The first-order chi connectivity index (χ1) is 15.9. The third kappa shape index (κ3) is 9.25. The van der Waals surface area contributed by atoms with Crippen LogP contribution in [0.5, 0.6) is 5.75 Å². The number of carbonyl (C=O) groups excluding carboxylic acids is 1. The van der Waals surface area contributed by atoms with Gasteiger partial charge in [0.05, 0.1) is 13.2 Å². The van der Waals surface area contributed by atoms with Gasteiger partial charge in [-0.2, -0.15) is 0 Å². The molecule has 0 bridgehead atoms. The van der Waals surface area contributed by atoms with E-state index in [0.717, 1.165) is 11.3 Å². The topological polar surface area (TPSA) is 75.2 Å². The molecule has 1 amide bonds. The number of alkyl carbamates (subject to hydrolysis) is 1. The molecule has 1 heterocycles. The standard InChI is InChI=1S/C24H38Cl3NO6Si/c1-22(2,3)35(7,8)34-18(13-14-28-21(29)31-15-24(25,26)27)20-19(32-23(4,5)33-20)16-9-11-17(30-6)12-10-16/h9-12,18-20H,13-15H2,1-8H3,(H,28,29)/t18-,19-,20-/m0/s1. The van der Waals surface area contributed by atoms with Crippen LogP contribution in [0.4, 0.5) is 4.79 Å². The second-order valence-electron chi connectivity index (χ2n) is 10.6. The lowest BCUT2D eigenvalue weighted by atomic mass is 9.98. The summed E-state index contributed by atoms with van der Waals surface area (Å²) in [5, 5.41) is 2.69. The van der Waals surface area contributed by atoms with Crippen LogP contribution in [0.3, 0.4) is 0 Å². The number of hydrogen-bond donors (Lipinski definition) is 1. The number of alkyl halides is 3. The van der Waals surface area contributed by atoms with Crippen molar-refractivity contribution in [2.24, 2.45) is 0 Å². The lowest BCUT2D eigenvalue weighted by Crippen LogP contribution is -2.49. The maximum Gasteiger partial charge on any atom is 0.407 e. The molecule has 1 aliphatic rings. The average molecular weight is 571 g/mol. The Morgan fingerprint density at radius 1 is 1.14 bits per heavy atom. The van der Waals surface area contributed by atoms with Crippen LogP contribution in [-0.4, -0.2) is 56.5 Å². The van der Waals surface area contributed by atoms with Crippen LogP contribution in [0.15, 0.2) is 24.3 Å². The molecular weight excluding hydrogens is 533 g/mol. The zero-order chi connectivity index (χ0) is 26.7. The third-order valence-electron chi connectivity index (χ3n) is 6.26. The number of rotatable bonds is 9. The number of methoxy groups -OCH3 is 1. The number of nitrogens with one attached hydrogen (secondary N) is 1. The molecule has 11 heteroatoms. The number of hydrogen-bond acceptors (Lipinski definition) is 6. The first kappa shape index (κ1) is 30.5. The van der Waals surface area contributed by atoms with Crippen LogP contribution in [-0.2, 0) is 18.6 Å². The summed E-state index contributed by atoms with van der Waals surface area (Å²) in [4.78, 5) is 12.1. The molecule has 1 aromatic rings. The van der Waals surface area contributed by atoms with Gasteiger partial charge in [-0.1, -0.05) is 67.7 Å². The van der Waals surface area contributed by atoms with Crippen molar-refractivity contribution in [1.82, 2.24) is 5.32 Å². The van der Waals surface area contributed by atoms with Crippen LogP contribution in [0.25, 0.3) is 0 Å². The van der Waals surface area contributed by atoms with Crippen molar-refractivity contribution in [1.29, 1.82) is 0 Å². The van der Waals surface area contributed by atoms with Gasteiger partial charge in [-0.15, -0.1) is 0 Å². The summed E-state index contributed by atoms with van der Waals surface area (Å²) in [5.74, 6) is -0.0452. The summed E-state index contributed by atoms with van der Waals surface area (Å²) >= 11 is 17.0. The van der Waals surface area contributed by atoms with Crippen molar-refractivity contribution < 1.29 is 28.2 Å². The molecule has 1 aliphatic heterocycles. The van der Waals surface area contributed by atoms with Gasteiger partial charge in [0.25, 0.3) is 0 Å². The Morgan fingerprint density at radius 2 is 1.74 bits per heavy atom. The second kappa shape index (κ2) is 11.8. The highest BCUT2D eigenvalue weighted by Crippen LogP contribution is 2.44. The zero-order valence-corrected chi connectivity index (χ0v) is 25.0. The molecule has 1 N–H and O–H groups in total. The van der Waals surface area contributed by atoms with E-state index in [0.29, 0.717) is 6.42 Å². The average Bonchev–Trinajstić information content (AvgIpc) is 3.05. The maximum absolute atomic E-state index is 12.1. The molecule has 0 radical (unpaired) electrons. The smallest absolute Gasteiger partial charge is 0.407 e. The van der Waals surface area contributed by atoms with E-state index < -0.39 is 30.1 Å². The second-order valence-corrected chi connectivity index (χ2v) is 17.9. The van der Waals surface area contributed by atoms with E-state index in [2.05, 4.69) is 39.2 Å². The quantitative estimate of drug-likeness (QED) is 0.261. The Hall–Kier alpha value is -0.743. The minimum absolute atomic E-state index is 0.0213. The fourth-order valence-electron chi connectivity index (χ4n) is 3.47. The number of carbonyl (C=O) groups is 1. The Labute approximate surface area is 225 Å². The summed E-state index contributed by atoms with van der Waals surface area (Å²) in [6.07, 6.45) is -1.30. The normalized spacial score (nSPS) is 21.5. The summed E-state index contributed by atoms with van der Waals surface area (Å²) in [6, 6.07) is 7.73. The number of halogens is 3. The summed E-state index contributed by atoms with van der Waals surface area (Å²) in [7, 11) is -0.567. The largest absolute Gasteiger partial charge is 0.497 e. The Kier molecular flexibility index (Phi) is 10.2. The number of benzene rings is 1. The van der Waals surface area contributed by atoms with Crippen molar-refractivity contribution in [3.63, 3.8) is 0 Å². The lowest BCUT2D eigenvalue weighted by Gasteiger charge is -2.41. The molecule has 3 atom stereocenters. The molecule has 0 aliphatic carbocycles. The zero-order valence-electron chi connectivity index (χ0n) is 21.7. The molecule has 0 aromatic heterocycles. The molecule has 7 nitrogen and oxygen atoms in total. The van der Waals surface area contributed by atoms with E-state index in [9.17, 15) is 4.79 Å². The van der Waals surface area contributed by atoms with Crippen LogP contribution in [0.1, 0.15) is 52.7 Å². The Bertz CT molecular complexity index is 839. The highest BCUT2D eigenvalue weighted by Gasteiger charge is 2.49. The van der Waals surface area contributed by atoms with Gasteiger partial charge in [0.2, 0.25) is 3.79 Å². The highest BCUT2D eigenvalue weighted by molar-refractivity contribution is 6.74. The van der Waals surface area contributed by atoms with Gasteiger partial charge in [-0.25, -0.2) is 4.79 Å². The molecule has 2 rings (SSSR count). The van der Waals surface area contributed by atoms with Crippen molar-refractivity contribution in [2.45, 2.75) is 87.1 Å². The Morgan fingerprint density at radius 3 is 2.26 bits per heavy atom. The molecule has 0 unspecified atom stereocenters. The highest BCUT2D eigenvalue weighted by atomic mass is 35.6. The van der Waals surface area contributed by atoms with Crippen molar-refractivity contribution >= 4 is 49.2 Å². The molecule has 1 saturated heterocycles. The number of ether oxygens (including phenoxy) is 4. The van der Waals surface area contributed by atoms with Gasteiger partial charge in [0, 0.05) is 6.54 Å². The molecule has 1 aromatic carbocycles. The van der Waals surface area contributed by atoms with E-state index in [1.54, 1.807) is 7.11 Å².